The Hall–Kier alpha value is -1.50. The summed E-state index contributed by atoms with van der Waals surface area (Å²) in [6, 6.07) is 8.41. The van der Waals surface area contributed by atoms with E-state index in [0.717, 1.165) is 12.2 Å². The van der Waals surface area contributed by atoms with Crippen LogP contribution in [0.15, 0.2) is 43.0 Å². The molecule has 0 radical (unpaired) electrons. The molecule has 1 aromatic carbocycles. The second-order valence-electron chi connectivity index (χ2n) is 6.40. The lowest BCUT2D eigenvalue weighted by Gasteiger charge is -2.12. The van der Waals surface area contributed by atoms with Gasteiger partial charge >= 0.3 is 0 Å². The van der Waals surface area contributed by atoms with Crippen molar-refractivity contribution in [2.45, 2.75) is 65.2 Å². The average Bonchev–Trinajstić information content (AvgIpc) is 2.49. The highest BCUT2D eigenvalue weighted by atomic mass is 14.9. The molecule has 0 fully saturated rings. The lowest BCUT2D eigenvalue weighted by atomic mass is 10.1. The molecule has 0 amide bonds. The van der Waals surface area contributed by atoms with Crippen LogP contribution < -0.4 is 5.32 Å². The van der Waals surface area contributed by atoms with E-state index in [2.05, 4.69) is 56.6 Å². The molecule has 0 heterocycles. The van der Waals surface area contributed by atoms with Crippen molar-refractivity contribution in [3.05, 3.63) is 54.1 Å². The van der Waals surface area contributed by atoms with Crippen molar-refractivity contribution >= 4 is 5.70 Å². The van der Waals surface area contributed by atoms with Crippen molar-refractivity contribution in [2.75, 3.05) is 6.54 Å². The maximum absolute atomic E-state index is 4.15. The van der Waals surface area contributed by atoms with Gasteiger partial charge in [0.1, 0.15) is 0 Å². The fraction of sp³-hybridized carbons (Fsp3) is 0.524. The predicted molar refractivity (Wildman–Crippen MR) is 100.0 cm³/mol. The molecule has 0 spiro atoms. The van der Waals surface area contributed by atoms with Gasteiger partial charge in [-0.25, -0.2) is 0 Å². The monoisotopic (exact) mass is 299 g/mol. The van der Waals surface area contributed by atoms with Crippen molar-refractivity contribution in [3.63, 3.8) is 0 Å². The summed E-state index contributed by atoms with van der Waals surface area (Å²) in [6.07, 6.45) is 10.5. The third kappa shape index (κ3) is 8.07. The summed E-state index contributed by atoms with van der Waals surface area (Å²) in [6.45, 7) is 13.4. The Labute approximate surface area is 137 Å². The smallest absolute Gasteiger partial charge is 0.0343 e. The number of allylic oxidation sites excluding steroid dienone is 1. The summed E-state index contributed by atoms with van der Waals surface area (Å²) in [5.41, 5.74) is 4.90. The Balaban J connectivity index is 1.99. The molecule has 1 rings (SSSR count). The molecular formula is C21H33N. The molecule has 0 saturated heterocycles. The number of aryl methyl sites for hydroxylation is 1. The molecule has 0 aromatic heterocycles. The van der Waals surface area contributed by atoms with Gasteiger partial charge in [0.2, 0.25) is 0 Å². The molecule has 0 unspecified atom stereocenters. The van der Waals surface area contributed by atoms with Gasteiger partial charge < -0.3 is 5.32 Å². The summed E-state index contributed by atoms with van der Waals surface area (Å²) >= 11 is 0. The van der Waals surface area contributed by atoms with Crippen LogP contribution in [0.2, 0.25) is 0 Å². The lowest BCUT2D eigenvalue weighted by molar-refractivity contribution is 0.574. The topological polar surface area (TPSA) is 12.0 Å². The van der Waals surface area contributed by atoms with Crippen LogP contribution in [-0.4, -0.2) is 6.54 Å². The maximum atomic E-state index is 4.15. The Morgan fingerprint density at radius 2 is 1.50 bits per heavy atom. The summed E-state index contributed by atoms with van der Waals surface area (Å²) in [7, 11) is 0. The van der Waals surface area contributed by atoms with Gasteiger partial charge in [-0.05, 0) is 44.2 Å². The van der Waals surface area contributed by atoms with E-state index in [1.807, 2.05) is 0 Å². The van der Waals surface area contributed by atoms with E-state index >= 15 is 0 Å². The lowest BCUT2D eigenvalue weighted by Crippen LogP contribution is -2.13. The Kier molecular flexibility index (Phi) is 9.37. The highest BCUT2D eigenvalue weighted by Gasteiger charge is 2.00. The quantitative estimate of drug-likeness (QED) is 0.355. The number of hydrogen-bond donors (Lipinski definition) is 1. The van der Waals surface area contributed by atoms with Crippen LogP contribution in [0.5, 0.6) is 0 Å². The van der Waals surface area contributed by atoms with Gasteiger partial charge in [0.15, 0.2) is 0 Å². The van der Waals surface area contributed by atoms with Crippen molar-refractivity contribution < 1.29 is 0 Å². The van der Waals surface area contributed by atoms with E-state index < -0.39 is 0 Å². The minimum Gasteiger partial charge on any atom is -0.385 e. The number of rotatable bonds is 12. The third-order valence-electron chi connectivity index (χ3n) is 4.09. The van der Waals surface area contributed by atoms with Gasteiger partial charge in [0, 0.05) is 12.2 Å². The van der Waals surface area contributed by atoms with Crippen molar-refractivity contribution in [2.24, 2.45) is 0 Å². The molecule has 0 atom stereocenters. The molecule has 22 heavy (non-hydrogen) atoms. The van der Waals surface area contributed by atoms with E-state index in [-0.39, 0.29) is 0 Å². The van der Waals surface area contributed by atoms with E-state index in [9.17, 15) is 0 Å². The molecule has 122 valence electrons. The minimum absolute atomic E-state index is 1.03. The zero-order chi connectivity index (χ0) is 16.2. The van der Waals surface area contributed by atoms with Gasteiger partial charge in [-0.15, -0.1) is 6.58 Å². The summed E-state index contributed by atoms with van der Waals surface area (Å²) in [4.78, 5) is 0. The van der Waals surface area contributed by atoms with Gasteiger partial charge in [0.25, 0.3) is 0 Å². The zero-order valence-corrected chi connectivity index (χ0v) is 14.6. The maximum Gasteiger partial charge on any atom is 0.0343 e. The first-order valence-corrected chi connectivity index (χ1v) is 8.74. The molecule has 0 saturated carbocycles. The Morgan fingerprint density at radius 1 is 0.909 bits per heavy atom. The molecule has 1 nitrogen and oxygen atoms in total. The molecule has 0 aliphatic heterocycles. The molecule has 1 N–H and O–H groups in total. The summed E-state index contributed by atoms with van der Waals surface area (Å²) in [5, 5.41) is 3.46. The van der Waals surface area contributed by atoms with Crippen molar-refractivity contribution in [1.82, 2.24) is 5.32 Å². The van der Waals surface area contributed by atoms with Crippen LogP contribution in [0.1, 0.15) is 69.4 Å². The number of unbranched alkanes of at least 4 members (excludes halogenated alkanes) is 6. The number of benzene rings is 1. The minimum atomic E-state index is 1.03. The van der Waals surface area contributed by atoms with Crippen molar-refractivity contribution in [1.29, 1.82) is 0 Å². The Bertz CT molecular complexity index is 459. The van der Waals surface area contributed by atoms with E-state index in [1.54, 1.807) is 0 Å². The highest BCUT2D eigenvalue weighted by Crippen LogP contribution is 2.15. The molecule has 0 bridgehead atoms. The molecule has 1 aromatic rings. The SMILES string of the molecule is C=C(C)CCCCCCCCCNC(=C)c1ccccc1C. The van der Waals surface area contributed by atoms with Crippen LogP contribution >= 0.6 is 0 Å². The molecule has 0 aliphatic rings. The average molecular weight is 300 g/mol. The van der Waals surface area contributed by atoms with Crippen molar-refractivity contribution in [3.8, 4) is 0 Å². The van der Waals surface area contributed by atoms with E-state index in [0.29, 0.717) is 0 Å². The van der Waals surface area contributed by atoms with Crippen LogP contribution in [0.25, 0.3) is 5.70 Å². The molecule has 1 heteroatoms. The molecule has 0 aliphatic carbocycles. The van der Waals surface area contributed by atoms with E-state index in [1.165, 1.54) is 68.1 Å². The van der Waals surface area contributed by atoms with Gasteiger partial charge in [-0.3, -0.25) is 0 Å². The first-order chi connectivity index (χ1) is 10.6. The molecular weight excluding hydrogens is 266 g/mol. The second-order valence-corrected chi connectivity index (χ2v) is 6.40. The zero-order valence-electron chi connectivity index (χ0n) is 14.6. The Morgan fingerprint density at radius 3 is 2.14 bits per heavy atom. The van der Waals surface area contributed by atoms with Gasteiger partial charge in [-0.2, -0.15) is 0 Å². The first kappa shape index (κ1) is 18.5. The summed E-state index contributed by atoms with van der Waals surface area (Å²) < 4.78 is 0. The van der Waals surface area contributed by atoms with Crippen LogP contribution in [-0.2, 0) is 0 Å². The summed E-state index contributed by atoms with van der Waals surface area (Å²) in [5.74, 6) is 0. The second kappa shape index (κ2) is 11.1. The van der Waals surface area contributed by atoms with Crippen LogP contribution in [0.3, 0.4) is 0 Å². The van der Waals surface area contributed by atoms with Crippen LogP contribution in [0.4, 0.5) is 0 Å². The number of nitrogens with one attached hydrogen (secondary N) is 1. The largest absolute Gasteiger partial charge is 0.385 e. The highest BCUT2D eigenvalue weighted by molar-refractivity contribution is 5.64. The fourth-order valence-corrected chi connectivity index (χ4v) is 2.68. The third-order valence-corrected chi connectivity index (χ3v) is 4.09. The van der Waals surface area contributed by atoms with Gasteiger partial charge in [-0.1, -0.05) is 68.5 Å². The standard InChI is InChI=1S/C21H33N/c1-18(2)14-10-8-6-5-7-9-13-17-22-20(4)21-16-12-11-15-19(21)3/h11-12,15-16,22H,1,4-10,13-14,17H2,2-3H3. The fourth-order valence-electron chi connectivity index (χ4n) is 2.68. The number of hydrogen-bond acceptors (Lipinski definition) is 1. The normalized spacial score (nSPS) is 10.5. The van der Waals surface area contributed by atoms with Crippen LogP contribution in [0, 0.1) is 6.92 Å². The van der Waals surface area contributed by atoms with Gasteiger partial charge in [0.05, 0.1) is 0 Å². The predicted octanol–water partition coefficient (Wildman–Crippen LogP) is 6.25. The van der Waals surface area contributed by atoms with E-state index in [4.69, 9.17) is 0 Å². The first-order valence-electron chi connectivity index (χ1n) is 8.74.